The molecule has 0 radical (unpaired) electrons. The Bertz CT molecular complexity index is 1080. The number of allylic oxidation sites excluding steroid dienone is 7. The van der Waals surface area contributed by atoms with E-state index in [9.17, 15) is 13.6 Å². The van der Waals surface area contributed by atoms with E-state index in [4.69, 9.17) is 0 Å². The van der Waals surface area contributed by atoms with Gasteiger partial charge in [0.15, 0.2) is 5.78 Å². The molecule has 1 fully saturated rings. The fourth-order valence-corrected chi connectivity index (χ4v) is 4.31. The summed E-state index contributed by atoms with van der Waals surface area (Å²) in [4.78, 5) is 12.8. The van der Waals surface area contributed by atoms with E-state index >= 15 is 0 Å². The van der Waals surface area contributed by atoms with Crippen molar-refractivity contribution in [1.29, 1.82) is 0 Å². The third kappa shape index (κ3) is 3.96. The average molecular weight is 424 g/mol. The number of alkyl halides is 2. The number of rotatable bonds is 6. The third-order valence-corrected chi connectivity index (χ3v) is 6.64. The predicted molar refractivity (Wildman–Crippen MR) is 125 cm³/mol. The number of anilines is 1. The molecule has 0 spiro atoms. The minimum atomic E-state index is -3.00. The fraction of sp³-hybridized carbons (Fsp3) is 0.370. The standard InChI is InChI=1S/C27H31F2NO/c1-15(2)26(6,7)21-13-17(4)22(14-16(21)3)30-18(5)23-24-19(25(23)31)11-9-10-12-20(24)27(8,28)29/h9-11,13-14,23,30H,1,5,12H2,2-4,6-8H3. The van der Waals surface area contributed by atoms with Gasteiger partial charge in [0, 0.05) is 34.9 Å². The van der Waals surface area contributed by atoms with Gasteiger partial charge in [-0.05, 0) is 55.5 Å². The minimum absolute atomic E-state index is 0.00786. The maximum Gasteiger partial charge on any atom is 0.267 e. The zero-order valence-electron chi connectivity index (χ0n) is 19.2. The van der Waals surface area contributed by atoms with Crippen LogP contribution in [0, 0.1) is 19.8 Å². The summed E-state index contributed by atoms with van der Waals surface area (Å²) in [6.07, 6.45) is 5.10. The normalized spacial score (nSPS) is 18.8. The van der Waals surface area contributed by atoms with Crippen LogP contribution in [-0.4, -0.2) is 11.7 Å². The van der Waals surface area contributed by atoms with Crippen LogP contribution in [0.25, 0.3) is 0 Å². The van der Waals surface area contributed by atoms with Crippen LogP contribution in [0.15, 0.2) is 71.5 Å². The van der Waals surface area contributed by atoms with Crippen LogP contribution in [-0.2, 0) is 10.2 Å². The number of benzene rings is 1. The van der Waals surface area contributed by atoms with Crippen molar-refractivity contribution in [2.45, 2.75) is 59.3 Å². The number of halogens is 2. The molecular formula is C27H31F2NO. The number of aryl methyl sites for hydroxylation is 2. The number of hydrogen-bond donors (Lipinski definition) is 1. The molecule has 164 valence electrons. The number of carbonyl (C=O) groups excluding carboxylic acids is 1. The number of Topliss-reactive ketones (excluding diaryl/α,β-unsaturated/α-hetero) is 1. The van der Waals surface area contributed by atoms with Crippen molar-refractivity contribution in [3.05, 3.63) is 88.2 Å². The molecule has 0 heterocycles. The molecule has 0 saturated heterocycles. The van der Waals surface area contributed by atoms with Crippen LogP contribution in [0.5, 0.6) is 0 Å². The Balaban J connectivity index is 1.95. The Kier molecular flexibility index (Phi) is 5.72. The molecule has 2 aliphatic carbocycles. The Morgan fingerprint density at radius 2 is 1.77 bits per heavy atom. The van der Waals surface area contributed by atoms with Crippen molar-refractivity contribution >= 4 is 11.5 Å². The van der Waals surface area contributed by atoms with Gasteiger partial charge in [-0.1, -0.05) is 56.9 Å². The first-order valence-electron chi connectivity index (χ1n) is 10.5. The summed E-state index contributed by atoms with van der Waals surface area (Å²) >= 11 is 0. The second-order valence-corrected chi connectivity index (χ2v) is 9.33. The maximum absolute atomic E-state index is 14.3. The first-order valence-corrected chi connectivity index (χ1v) is 10.5. The maximum atomic E-state index is 14.3. The molecule has 1 aromatic carbocycles. The monoisotopic (exact) mass is 423 g/mol. The molecule has 1 unspecified atom stereocenters. The largest absolute Gasteiger partial charge is 0.358 e. The van der Waals surface area contributed by atoms with Gasteiger partial charge in [0.25, 0.3) is 5.92 Å². The van der Waals surface area contributed by atoms with E-state index in [1.807, 2.05) is 26.8 Å². The topological polar surface area (TPSA) is 29.1 Å². The number of ketones is 1. The van der Waals surface area contributed by atoms with Crippen molar-refractivity contribution in [2.24, 2.45) is 5.92 Å². The summed E-state index contributed by atoms with van der Waals surface area (Å²) in [6, 6.07) is 4.15. The summed E-state index contributed by atoms with van der Waals surface area (Å²) < 4.78 is 28.6. The highest BCUT2D eigenvalue weighted by Gasteiger charge is 2.47. The first-order chi connectivity index (χ1) is 14.3. The van der Waals surface area contributed by atoms with Crippen molar-refractivity contribution in [2.75, 3.05) is 5.32 Å². The lowest BCUT2D eigenvalue weighted by Crippen LogP contribution is -2.38. The van der Waals surface area contributed by atoms with Crippen LogP contribution in [0.3, 0.4) is 0 Å². The zero-order valence-corrected chi connectivity index (χ0v) is 19.2. The van der Waals surface area contributed by atoms with E-state index in [2.05, 4.69) is 38.4 Å². The van der Waals surface area contributed by atoms with Gasteiger partial charge in [-0.2, -0.15) is 0 Å². The Hall–Kier alpha value is -2.75. The number of nitrogens with one attached hydrogen (secondary N) is 1. The van der Waals surface area contributed by atoms with Crippen molar-refractivity contribution in [3.8, 4) is 0 Å². The molecule has 0 amide bonds. The molecule has 2 nitrogen and oxygen atoms in total. The van der Waals surface area contributed by atoms with Crippen LogP contribution in [0.4, 0.5) is 14.5 Å². The SMILES string of the molecule is C=C(Nc1cc(C)c(C(C)(C)C(=C)C)cc1C)C1C(=O)C2=CC=CCC(C(C)(F)F)=C21. The lowest BCUT2D eigenvalue weighted by molar-refractivity contribution is -0.119. The van der Waals surface area contributed by atoms with E-state index in [0.717, 1.165) is 29.3 Å². The number of fused-ring (bicyclic) bond motifs is 1. The van der Waals surface area contributed by atoms with E-state index in [1.54, 1.807) is 18.2 Å². The van der Waals surface area contributed by atoms with Gasteiger partial charge in [0.2, 0.25) is 0 Å². The highest BCUT2D eigenvalue weighted by Crippen LogP contribution is 2.48. The molecule has 1 saturated carbocycles. The highest BCUT2D eigenvalue weighted by atomic mass is 19.3. The van der Waals surface area contributed by atoms with E-state index in [-0.39, 0.29) is 23.2 Å². The van der Waals surface area contributed by atoms with Gasteiger partial charge in [-0.15, -0.1) is 0 Å². The van der Waals surface area contributed by atoms with Crippen molar-refractivity contribution in [1.82, 2.24) is 0 Å². The molecular weight excluding hydrogens is 392 g/mol. The van der Waals surface area contributed by atoms with Crippen LogP contribution >= 0.6 is 0 Å². The van der Waals surface area contributed by atoms with Gasteiger partial charge in [-0.3, -0.25) is 4.79 Å². The van der Waals surface area contributed by atoms with Gasteiger partial charge in [-0.25, -0.2) is 8.78 Å². The average Bonchev–Trinajstić information content (AvgIpc) is 2.83. The molecule has 3 rings (SSSR count). The summed E-state index contributed by atoms with van der Waals surface area (Å²) in [6.45, 7) is 19.4. The van der Waals surface area contributed by atoms with E-state index < -0.39 is 11.8 Å². The molecule has 0 aromatic heterocycles. The Morgan fingerprint density at radius 1 is 1.13 bits per heavy atom. The van der Waals surface area contributed by atoms with E-state index in [0.29, 0.717) is 16.8 Å². The number of hydrogen-bond acceptors (Lipinski definition) is 2. The molecule has 4 heteroatoms. The Labute approximate surface area is 184 Å². The highest BCUT2D eigenvalue weighted by molar-refractivity contribution is 6.14. The summed E-state index contributed by atoms with van der Waals surface area (Å²) in [5.41, 5.74) is 6.19. The van der Waals surface area contributed by atoms with Crippen molar-refractivity contribution in [3.63, 3.8) is 0 Å². The molecule has 1 N–H and O–H groups in total. The summed E-state index contributed by atoms with van der Waals surface area (Å²) in [5.74, 6) is -3.93. The van der Waals surface area contributed by atoms with Crippen LogP contribution in [0.1, 0.15) is 50.8 Å². The second kappa shape index (κ2) is 7.74. The van der Waals surface area contributed by atoms with Gasteiger partial charge < -0.3 is 5.32 Å². The molecule has 2 aliphatic rings. The van der Waals surface area contributed by atoms with Gasteiger partial charge >= 0.3 is 0 Å². The first kappa shape index (κ1) is 22.9. The lowest BCUT2D eigenvalue weighted by atomic mass is 9.68. The molecule has 31 heavy (non-hydrogen) atoms. The van der Waals surface area contributed by atoms with E-state index in [1.165, 1.54) is 5.56 Å². The minimum Gasteiger partial charge on any atom is -0.358 e. The molecule has 0 bridgehead atoms. The second-order valence-electron chi connectivity index (χ2n) is 9.33. The van der Waals surface area contributed by atoms with Crippen LogP contribution in [0.2, 0.25) is 0 Å². The van der Waals surface area contributed by atoms with Crippen molar-refractivity contribution < 1.29 is 13.6 Å². The molecule has 0 aliphatic heterocycles. The van der Waals surface area contributed by atoms with Gasteiger partial charge in [0.05, 0.1) is 5.92 Å². The van der Waals surface area contributed by atoms with Gasteiger partial charge in [0.1, 0.15) is 0 Å². The summed E-state index contributed by atoms with van der Waals surface area (Å²) in [7, 11) is 0. The summed E-state index contributed by atoms with van der Waals surface area (Å²) in [5, 5.41) is 3.25. The molecule has 1 atom stereocenters. The fourth-order valence-electron chi connectivity index (χ4n) is 4.31. The Morgan fingerprint density at radius 3 is 2.35 bits per heavy atom. The van der Waals surface area contributed by atoms with Crippen LogP contribution < -0.4 is 5.32 Å². The third-order valence-electron chi connectivity index (χ3n) is 6.64. The predicted octanol–water partition coefficient (Wildman–Crippen LogP) is 7.12. The zero-order chi connectivity index (χ0) is 23.3. The smallest absolute Gasteiger partial charge is 0.267 e. The lowest BCUT2D eigenvalue weighted by Gasteiger charge is -2.36. The quantitative estimate of drug-likeness (QED) is 0.494. The molecule has 1 aromatic rings. The number of carbonyl (C=O) groups is 1.